The highest BCUT2D eigenvalue weighted by atomic mass is 35.5. The van der Waals surface area contributed by atoms with Crippen LogP contribution in [0.5, 0.6) is 0 Å². The van der Waals surface area contributed by atoms with Gasteiger partial charge in [-0.3, -0.25) is 4.79 Å². The summed E-state index contributed by atoms with van der Waals surface area (Å²) in [7, 11) is 2.16. The third-order valence-electron chi connectivity index (χ3n) is 6.14. The Labute approximate surface area is 151 Å². The highest BCUT2D eigenvalue weighted by Gasteiger charge is 2.59. The fourth-order valence-electron chi connectivity index (χ4n) is 4.52. The van der Waals surface area contributed by atoms with Crippen molar-refractivity contribution in [1.29, 1.82) is 0 Å². The van der Waals surface area contributed by atoms with Crippen LogP contribution in [0.15, 0.2) is 30.3 Å². The number of piperidine rings is 1. The average molecular weight is 350 g/mol. The highest BCUT2D eigenvalue weighted by Crippen LogP contribution is 2.59. The first-order chi connectivity index (χ1) is 11.2. The number of halogens is 1. The molecular weight excluding hydrogens is 322 g/mol. The van der Waals surface area contributed by atoms with E-state index >= 15 is 0 Å². The molecule has 2 atom stereocenters. The number of carbonyl (C=O) groups excluding carboxylic acids is 1. The second-order valence-electron chi connectivity index (χ2n) is 7.59. The summed E-state index contributed by atoms with van der Waals surface area (Å²) >= 11 is 0. The molecule has 1 aliphatic carbocycles. The SMILES string of the molecule is CN1CCN(C(=O)C2CC23CCNCC3)C(c2ccccc2)C1.Cl. The first kappa shape index (κ1) is 17.7. The maximum absolute atomic E-state index is 13.2. The Morgan fingerprint density at radius 1 is 1.17 bits per heavy atom. The Bertz CT molecular complexity index is 573. The quantitative estimate of drug-likeness (QED) is 0.890. The molecule has 132 valence electrons. The zero-order valence-electron chi connectivity index (χ0n) is 14.4. The van der Waals surface area contributed by atoms with E-state index in [0.29, 0.717) is 11.3 Å². The Morgan fingerprint density at radius 3 is 2.58 bits per heavy atom. The van der Waals surface area contributed by atoms with Crippen LogP contribution in [0, 0.1) is 11.3 Å². The van der Waals surface area contributed by atoms with Gasteiger partial charge in [0.25, 0.3) is 0 Å². The maximum Gasteiger partial charge on any atom is 0.226 e. The van der Waals surface area contributed by atoms with Crippen molar-refractivity contribution in [3.8, 4) is 0 Å². The molecule has 24 heavy (non-hydrogen) atoms. The Morgan fingerprint density at radius 2 is 1.88 bits per heavy atom. The summed E-state index contributed by atoms with van der Waals surface area (Å²) in [4.78, 5) is 17.7. The number of nitrogens with one attached hydrogen (secondary N) is 1. The molecule has 1 amide bonds. The summed E-state index contributed by atoms with van der Waals surface area (Å²) in [5, 5.41) is 3.43. The van der Waals surface area contributed by atoms with Crippen molar-refractivity contribution in [3.63, 3.8) is 0 Å². The van der Waals surface area contributed by atoms with Crippen LogP contribution < -0.4 is 5.32 Å². The average Bonchev–Trinajstić information content (AvgIpc) is 3.28. The van der Waals surface area contributed by atoms with Crippen molar-refractivity contribution in [1.82, 2.24) is 15.1 Å². The minimum absolute atomic E-state index is 0. The van der Waals surface area contributed by atoms with E-state index in [4.69, 9.17) is 0 Å². The van der Waals surface area contributed by atoms with Crippen molar-refractivity contribution in [3.05, 3.63) is 35.9 Å². The van der Waals surface area contributed by atoms with E-state index in [1.165, 1.54) is 18.4 Å². The Kier molecular flexibility index (Phi) is 5.19. The van der Waals surface area contributed by atoms with Crippen LogP contribution in [0.1, 0.15) is 30.9 Å². The molecular formula is C19H28ClN3O. The lowest BCUT2D eigenvalue weighted by atomic mass is 9.91. The Balaban J connectivity index is 0.00000169. The monoisotopic (exact) mass is 349 g/mol. The first-order valence-corrected chi connectivity index (χ1v) is 8.94. The van der Waals surface area contributed by atoms with E-state index in [9.17, 15) is 4.79 Å². The predicted molar refractivity (Wildman–Crippen MR) is 98.3 cm³/mol. The van der Waals surface area contributed by atoms with Crippen LogP contribution in [0.25, 0.3) is 0 Å². The predicted octanol–water partition coefficient (Wildman–Crippen LogP) is 2.31. The van der Waals surface area contributed by atoms with E-state index in [2.05, 4.69) is 46.4 Å². The number of likely N-dealkylation sites (N-methyl/N-ethyl adjacent to an activating group) is 1. The lowest BCUT2D eigenvalue weighted by Crippen LogP contribution is -2.50. The molecule has 2 saturated heterocycles. The van der Waals surface area contributed by atoms with Gasteiger partial charge in [-0.1, -0.05) is 30.3 Å². The van der Waals surface area contributed by atoms with Gasteiger partial charge in [-0.15, -0.1) is 12.4 Å². The first-order valence-electron chi connectivity index (χ1n) is 8.94. The molecule has 1 N–H and O–H groups in total. The number of nitrogens with zero attached hydrogens (tertiary/aromatic N) is 2. The topological polar surface area (TPSA) is 35.6 Å². The van der Waals surface area contributed by atoms with E-state index in [1.54, 1.807) is 0 Å². The number of amides is 1. The minimum Gasteiger partial charge on any atom is -0.333 e. The van der Waals surface area contributed by atoms with E-state index in [1.807, 2.05) is 6.07 Å². The molecule has 0 aromatic heterocycles. The number of piperazine rings is 1. The molecule has 1 spiro atoms. The van der Waals surface area contributed by atoms with Gasteiger partial charge in [0, 0.05) is 25.6 Å². The van der Waals surface area contributed by atoms with Gasteiger partial charge in [-0.25, -0.2) is 0 Å². The summed E-state index contributed by atoms with van der Waals surface area (Å²) in [6, 6.07) is 10.7. The van der Waals surface area contributed by atoms with Crippen LogP contribution in [-0.4, -0.2) is 55.5 Å². The zero-order chi connectivity index (χ0) is 15.9. The molecule has 1 saturated carbocycles. The molecule has 2 aliphatic heterocycles. The lowest BCUT2D eigenvalue weighted by Gasteiger charge is -2.41. The van der Waals surface area contributed by atoms with Crippen molar-refractivity contribution >= 4 is 18.3 Å². The number of hydrogen-bond acceptors (Lipinski definition) is 3. The smallest absolute Gasteiger partial charge is 0.226 e. The lowest BCUT2D eigenvalue weighted by molar-refractivity contribution is -0.138. The molecule has 3 fully saturated rings. The van der Waals surface area contributed by atoms with Crippen molar-refractivity contribution < 1.29 is 4.79 Å². The van der Waals surface area contributed by atoms with Gasteiger partial charge >= 0.3 is 0 Å². The van der Waals surface area contributed by atoms with Gasteiger partial charge in [0.15, 0.2) is 0 Å². The van der Waals surface area contributed by atoms with Gasteiger partial charge < -0.3 is 15.1 Å². The normalized spacial score (nSPS) is 29.1. The van der Waals surface area contributed by atoms with Gasteiger partial charge in [0.1, 0.15) is 0 Å². The maximum atomic E-state index is 13.2. The summed E-state index contributed by atoms with van der Waals surface area (Å²) in [6.45, 7) is 4.94. The van der Waals surface area contributed by atoms with Gasteiger partial charge in [-0.2, -0.15) is 0 Å². The number of carbonyl (C=O) groups is 1. The number of benzene rings is 1. The van der Waals surface area contributed by atoms with Gasteiger partial charge in [-0.05, 0) is 50.4 Å². The van der Waals surface area contributed by atoms with Gasteiger partial charge in [0.05, 0.1) is 6.04 Å². The van der Waals surface area contributed by atoms with Crippen molar-refractivity contribution in [2.45, 2.75) is 25.3 Å². The second-order valence-corrected chi connectivity index (χ2v) is 7.59. The van der Waals surface area contributed by atoms with Crippen LogP contribution in [-0.2, 0) is 4.79 Å². The Hall–Kier alpha value is -1.10. The second kappa shape index (κ2) is 7.03. The molecule has 0 radical (unpaired) electrons. The van der Waals surface area contributed by atoms with Crippen molar-refractivity contribution in [2.24, 2.45) is 11.3 Å². The standard InChI is InChI=1S/C19H27N3O.ClH/c1-21-11-12-22(17(14-21)15-5-3-2-4-6-15)18(23)16-13-19(16)7-9-20-10-8-19;/h2-6,16-17,20H,7-14H2,1H3;1H. The summed E-state index contributed by atoms with van der Waals surface area (Å²) in [5.41, 5.74) is 1.60. The van der Waals surface area contributed by atoms with E-state index in [0.717, 1.165) is 39.1 Å². The molecule has 4 rings (SSSR count). The number of hydrogen-bond donors (Lipinski definition) is 1. The molecule has 3 aliphatic rings. The highest BCUT2D eigenvalue weighted by molar-refractivity contribution is 5.85. The molecule has 5 heteroatoms. The van der Waals surface area contributed by atoms with E-state index in [-0.39, 0.29) is 24.4 Å². The minimum atomic E-state index is 0. The molecule has 1 aromatic rings. The third kappa shape index (κ3) is 3.19. The van der Waals surface area contributed by atoms with Crippen LogP contribution in [0.2, 0.25) is 0 Å². The molecule has 1 aromatic carbocycles. The van der Waals surface area contributed by atoms with Crippen LogP contribution in [0.3, 0.4) is 0 Å². The third-order valence-corrected chi connectivity index (χ3v) is 6.14. The number of rotatable bonds is 2. The van der Waals surface area contributed by atoms with E-state index < -0.39 is 0 Å². The molecule has 0 bridgehead atoms. The van der Waals surface area contributed by atoms with Crippen LogP contribution >= 0.6 is 12.4 Å². The molecule has 4 nitrogen and oxygen atoms in total. The summed E-state index contributed by atoms with van der Waals surface area (Å²) in [6.07, 6.45) is 3.46. The molecule has 2 unspecified atom stereocenters. The largest absolute Gasteiger partial charge is 0.333 e. The summed E-state index contributed by atoms with van der Waals surface area (Å²) < 4.78 is 0. The molecule has 2 heterocycles. The summed E-state index contributed by atoms with van der Waals surface area (Å²) in [5.74, 6) is 0.688. The fraction of sp³-hybridized carbons (Fsp3) is 0.632. The fourth-order valence-corrected chi connectivity index (χ4v) is 4.52. The van der Waals surface area contributed by atoms with Crippen LogP contribution in [0.4, 0.5) is 0 Å². The van der Waals surface area contributed by atoms with Gasteiger partial charge in [0.2, 0.25) is 5.91 Å². The van der Waals surface area contributed by atoms with Crippen molar-refractivity contribution in [2.75, 3.05) is 39.8 Å². The zero-order valence-corrected chi connectivity index (χ0v) is 15.2.